The molecule has 140 valence electrons. The fourth-order valence-corrected chi connectivity index (χ4v) is 3.29. The lowest BCUT2D eigenvalue weighted by Gasteiger charge is -2.37. The highest BCUT2D eigenvalue weighted by atomic mass is 127. The van der Waals surface area contributed by atoms with E-state index in [0.29, 0.717) is 5.75 Å². The Morgan fingerprint density at radius 3 is 2.56 bits per heavy atom. The molecule has 1 aliphatic heterocycles. The molecule has 1 aromatic carbocycles. The lowest BCUT2D eigenvalue weighted by Crippen LogP contribution is -2.52. The van der Waals surface area contributed by atoms with Gasteiger partial charge >= 0.3 is 0 Å². The third-order valence-corrected chi connectivity index (χ3v) is 4.87. The van der Waals surface area contributed by atoms with Gasteiger partial charge < -0.3 is 20.2 Å². The summed E-state index contributed by atoms with van der Waals surface area (Å²) in [6, 6.07) is 7.59. The van der Waals surface area contributed by atoms with Gasteiger partial charge in [-0.25, -0.2) is 0 Å². The molecule has 2 fully saturated rings. The molecule has 1 aliphatic carbocycles. The Balaban J connectivity index is 0.00000225. The Bertz CT molecular complexity index is 554. The molecule has 2 aliphatic rings. The number of hydrogen-bond donors (Lipinski definition) is 2. The molecular formula is C19H31IN4O. The Morgan fingerprint density at radius 1 is 1.20 bits per heavy atom. The highest BCUT2D eigenvalue weighted by Gasteiger charge is 2.22. The number of aliphatic imine (C=N–C) groups is 1. The fraction of sp³-hybridized carbons (Fsp3) is 0.632. The van der Waals surface area contributed by atoms with Crippen LogP contribution < -0.4 is 10.2 Å². The first kappa shape index (κ1) is 20.1. The van der Waals surface area contributed by atoms with Crippen LogP contribution >= 0.6 is 24.0 Å². The van der Waals surface area contributed by atoms with Crippen LogP contribution in [0.15, 0.2) is 29.3 Å². The van der Waals surface area contributed by atoms with E-state index in [1.54, 1.807) is 6.07 Å². The SMILES string of the molecule is CCNC(=NCCCC1CC1)N1CCN(c2ccccc2O)CC1.I. The van der Waals surface area contributed by atoms with Crippen LogP contribution in [0.5, 0.6) is 5.75 Å². The van der Waals surface area contributed by atoms with E-state index >= 15 is 0 Å². The molecule has 25 heavy (non-hydrogen) atoms. The number of halogens is 1. The summed E-state index contributed by atoms with van der Waals surface area (Å²) in [6.45, 7) is 7.64. The van der Waals surface area contributed by atoms with Gasteiger partial charge in [0.2, 0.25) is 0 Å². The standard InChI is InChI=1S/C19H30N4O.HI/c1-2-20-19(21-11-5-6-16-9-10-16)23-14-12-22(13-15-23)17-7-3-4-8-18(17)24;/h3-4,7-8,16,24H,2,5-6,9-15H2,1H3,(H,20,21);1H. The van der Waals surface area contributed by atoms with Crippen LogP contribution in [0, 0.1) is 5.92 Å². The van der Waals surface area contributed by atoms with E-state index in [9.17, 15) is 5.11 Å². The number of phenols is 1. The van der Waals surface area contributed by atoms with E-state index in [0.717, 1.165) is 56.8 Å². The second-order valence-electron chi connectivity index (χ2n) is 6.78. The van der Waals surface area contributed by atoms with Gasteiger partial charge in [0.05, 0.1) is 5.69 Å². The molecule has 0 unspecified atom stereocenters. The van der Waals surface area contributed by atoms with Gasteiger partial charge in [-0.1, -0.05) is 25.0 Å². The van der Waals surface area contributed by atoms with E-state index in [-0.39, 0.29) is 24.0 Å². The predicted molar refractivity (Wildman–Crippen MR) is 115 cm³/mol. The van der Waals surface area contributed by atoms with Crippen molar-refractivity contribution < 1.29 is 5.11 Å². The fourth-order valence-electron chi connectivity index (χ4n) is 3.29. The van der Waals surface area contributed by atoms with Crippen molar-refractivity contribution in [1.29, 1.82) is 0 Å². The Kier molecular flexibility index (Phi) is 8.12. The van der Waals surface area contributed by atoms with E-state index in [1.807, 2.05) is 18.2 Å². The van der Waals surface area contributed by atoms with Gasteiger partial charge in [0, 0.05) is 39.3 Å². The summed E-state index contributed by atoms with van der Waals surface area (Å²) >= 11 is 0. The third kappa shape index (κ3) is 5.94. The summed E-state index contributed by atoms with van der Waals surface area (Å²) in [4.78, 5) is 9.41. The summed E-state index contributed by atoms with van der Waals surface area (Å²) in [6.07, 6.45) is 5.40. The summed E-state index contributed by atoms with van der Waals surface area (Å²) in [7, 11) is 0. The van der Waals surface area contributed by atoms with E-state index in [1.165, 1.54) is 25.7 Å². The van der Waals surface area contributed by atoms with Crippen molar-refractivity contribution in [2.45, 2.75) is 32.6 Å². The van der Waals surface area contributed by atoms with Crippen LogP contribution in [0.4, 0.5) is 5.69 Å². The number of rotatable bonds is 6. The molecule has 0 aromatic heterocycles. The van der Waals surface area contributed by atoms with Crippen LogP contribution in [0.25, 0.3) is 0 Å². The zero-order chi connectivity index (χ0) is 16.8. The lowest BCUT2D eigenvalue weighted by atomic mass is 10.2. The number of nitrogens with zero attached hydrogens (tertiary/aromatic N) is 3. The van der Waals surface area contributed by atoms with Crippen molar-refractivity contribution >= 4 is 35.6 Å². The van der Waals surface area contributed by atoms with Crippen molar-refractivity contribution in [3.8, 4) is 5.75 Å². The van der Waals surface area contributed by atoms with Gasteiger partial charge in [0.1, 0.15) is 5.75 Å². The van der Waals surface area contributed by atoms with Gasteiger partial charge in [0.25, 0.3) is 0 Å². The molecular weight excluding hydrogens is 427 g/mol. The summed E-state index contributed by atoms with van der Waals surface area (Å²) in [5.74, 6) is 2.40. The number of guanidine groups is 1. The molecule has 1 saturated carbocycles. The zero-order valence-electron chi connectivity index (χ0n) is 15.2. The Hall–Kier alpha value is -1.18. The van der Waals surface area contributed by atoms with Crippen molar-refractivity contribution in [2.24, 2.45) is 10.9 Å². The summed E-state index contributed by atoms with van der Waals surface area (Å²) < 4.78 is 0. The van der Waals surface area contributed by atoms with Crippen molar-refractivity contribution in [2.75, 3.05) is 44.2 Å². The smallest absolute Gasteiger partial charge is 0.194 e. The number of anilines is 1. The quantitative estimate of drug-likeness (QED) is 0.297. The molecule has 1 aromatic rings. The first-order chi connectivity index (χ1) is 11.8. The average Bonchev–Trinajstić information content (AvgIpc) is 3.43. The average molecular weight is 458 g/mol. The maximum Gasteiger partial charge on any atom is 0.194 e. The first-order valence-electron chi connectivity index (χ1n) is 9.34. The van der Waals surface area contributed by atoms with Crippen molar-refractivity contribution in [3.63, 3.8) is 0 Å². The number of para-hydroxylation sites is 2. The van der Waals surface area contributed by atoms with Gasteiger partial charge in [-0.05, 0) is 37.8 Å². The van der Waals surface area contributed by atoms with Crippen LogP contribution in [-0.2, 0) is 0 Å². The highest BCUT2D eigenvalue weighted by Crippen LogP contribution is 2.33. The zero-order valence-corrected chi connectivity index (χ0v) is 17.5. The monoisotopic (exact) mass is 458 g/mol. The summed E-state index contributed by atoms with van der Waals surface area (Å²) in [5.41, 5.74) is 0.934. The number of aromatic hydroxyl groups is 1. The molecule has 0 bridgehead atoms. The number of phenolic OH excluding ortho intramolecular Hbond substituents is 1. The van der Waals surface area contributed by atoms with E-state index in [4.69, 9.17) is 4.99 Å². The van der Waals surface area contributed by atoms with E-state index < -0.39 is 0 Å². The second kappa shape index (κ2) is 10.1. The van der Waals surface area contributed by atoms with Crippen molar-refractivity contribution in [3.05, 3.63) is 24.3 Å². The lowest BCUT2D eigenvalue weighted by molar-refractivity contribution is 0.369. The minimum Gasteiger partial charge on any atom is -0.506 e. The number of hydrogen-bond acceptors (Lipinski definition) is 3. The number of benzene rings is 1. The predicted octanol–water partition coefficient (Wildman–Crippen LogP) is 3.29. The largest absolute Gasteiger partial charge is 0.506 e. The van der Waals surface area contributed by atoms with Crippen molar-refractivity contribution in [1.82, 2.24) is 10.2 Å². The molecule has 5 nitrogen and oxygen atoms in total. The molecule has 0 amide bonds. The Labute approximate surface area is 168 Å². The molecule has 0 atom stereocenters. The topological polar surface area (TPSA) is 51.1 Å². The van der Waals surface area contributed by atoms with Gasteiger partial charge in [0.15, 0.2) is 5.96 Å². The normalized spacial score (nSPS) is 18.0. The Morgan fingerprint density at radius 2 is 1.92 bits per heavy atom. The maximum absolute atomic E-state index is 10.0. The van der Waals surface area contributed by atoms with Crippen LogP contribution in [-0.4, -0.2) is 55.2 Å². The first-order valence-corrected chi connectivity index (χ1v) is 9.34. The van der Waals surface area contributed by atoms with Gasteiger partial charge in [-0.2, -0.15) is 0 Å². The number of nitrogens with one attached hydrogen (secondary N) is 1. The molecule has 1 saturated heterocycles. The molecule has 0 spiro atoms. The molecule has 2 N–H and O–H groups in total. The highest BCUT2D eigenvalue weighted by molar-refractivity contribution is 14.0. The molecule has 1 heterocycles. The van der Waals surface area contributed by atoms with Gasteiger partial charge in [-0.15, -0.1) is 24.0 Å². The minimum absolute atomic E-state index is 0. The van der Waals surface area contributed by atoms with Crippen LogP contribution in [0.3, 0.4) is 0 Å². The maximum atomic E-state index is 10.0. The van der Waals surface area contributed by atoms with Gasteiger partial charge in [-0.3, -0.25) is 4.99 Å². The van der Waals surface area contributed by atoms with Crippen LogP contribution in [0.1, 0.15) is 32.6 Å². The number of piperazine rings is 1. The van der Waals surface area contributed by atoms with E-state index in [2.05, 4.69) is 22.0 Å². The minimum atomic E-state index is 0. The summed E-state index contributed by atoms with van der Waals surface area (Å²) in [5, 5.41) is 13.5. The van der Waals surface area contributed by atoms with Crippen LogP contribution in [0.2, 0.25) is 0 Å². The molecule has 6 heteroatoms. The second-order valence-corrected chi connectivity index (χ2v) is 6.78. The molecule has 3 rings (SSSR count). The third-order valence-electron chi connectivity index (χ3n) is 4.87. The molecule has 0 radical (unpaired) electrons.